The van der Waals surface area contributed by atoms with Crippen LogP contribution in [0.4, 0.5) is 5.69 Å². The number of para-hydroxylation sites is 1. The van der Waals surface area contributed by atoms with E-state index in [1.807, 2.05) is 12.1 Å². The van der Waals surface area contributed by atoms with E-state index in [1.165, 1.54) is 19.4 Å². The number of hydrogen-bond acceptors (Lipinski definition) is 5. The first-order chi connectivity index (χ1) is 11.1. The molecule has 2 aromatic carbocycles. The lowest BCUT2D eigenvalue weighted by atomic mass is 10.2. The van der Waals surface area contributed by atoms with Crippen molar-refractivity contribution in [2.45, 2.75) is 0 Å². The Morgan fingerprint density at radius 1 is 1.35 bits per heavy atom. The van der Waals surface area contributed by atoms with Crippen molar-refractivity contribution in [1.82, 2.24) is 5.43 Å². The molecule has 0 aromatic heterocycles. The average Bonchev–Trinajstić information content (AvgIpc) is 2.55. The molecule has 7 heteroatoms. The highest BCUT2D eigenvalue weighted by molar-refractivity contribution is 6.33. The fourth-order valence-corrected chi connectivity index (χ4v) is 1.98. The fourth-order valence-electron chi connectivity index (χ4n) is 1.77. The first-order valence-corrected chi connectivity index (χ1v) is 7.15. The second-order valence-electron chi connectivity index (χ2n) is 4.56. The highest BCUT2D eigenvalue weighted by Gasteiger charge is 2.03. The highest BCUT2D eigenvalue weighted by atomic mass is 35.5. The molecular formula is C16H16ClN3O3. The number of halogens is 1. The van der Waals surface area contributed by atoms with Crippen LogP contribution in [0.25, 0.3) is 0 Å². The number of carbonyl (C=O) groups excluding carboxylic acids is 1. The van der Waals surface area contributed by atoms with Crippen molar-refractivity contribution in [1.29, 1.82) is 0 Å². The number of rotatable bonds is 6. The molecular weight excluding hydrogens is 318 g/mol. The topological polar surface area (TPSA) is 83.0 Å². The number of nitrogens with one attached hydrogen (secondary N) is 2. The van der Waals surface area contributed by atoms with Crippen molar-refractivity contribution in [2.75, 3.05) is 19.0 Å². The van der Waals surface area contributed by atoms with Crippen LogP contribution in [-0.4, -0.2) is 30.9 Å². The van der Waals surface area contributed by atoms with Crippen molar-refractivity contribution in [2.24, 2.45) is 5.10 Å². The van der Waals surface area contributed by atoms with Crippen LogP contribution in [0.5, 0.6) is 11.5 Å². The molecule has 0 spiro atoms. The van der Waals surface area contributed by atoms with Crippen LogP contribution in [-0.2, 0) is 4.79 Å². The third-order valence-corrected chi connectivity index (χ3v) is 3.25. The molecule has 1 amide bonds. The predicted octanol–water partition coefficient (Wildman–Crippen LogP) is 2.62. The summed E-state index contributed by atoms with van der Waals surface area (Å²) in [6.45, 7) is 0.0416. The molecule has 23 heavy (non-hydrogen) atoms. The zero-order valence-electron chi connectivity index (χ0n) is 12.4. The van der Waals surface area contributed by atoms with Gasteiger partial charge in [-0.3, -0.25) is 4.79 Å². The number of amides is 1. The zero-order valence-corrected chi connectivity index (χ0v) is 13.2. The van der Waals surface area contributed by atoms with Gasteiger partial charge < -0.3 is 15.2 Å². The summed E-state index contributed by atoms with van der Waals surface area (Å²) >= 11 is 5.98. The number of methoxy groups -OCH3 is 1. The van der Waals surface area contributed by atoms with Crippen LogP contribution >= 0.6 is 11.6 Å². The van der Waals surface area contributed by atoms with Crippen LogP contribution in [0.1, 0.15) is 5.56 Å². The molecule has 120 valence electrons. The van der Waals surface area contributed by atoms with Gasteiger partial charge in [0.2, 0.25) is 0 Å². The second-order valence-corrected chi connectivity index (χ2v) is 4.97. The molecule has 0 saturated carbocycles. The monoisotopic (exact) mass is 333 g/mol. The summed E-state index contributed by atoms with van der Waals surface area (Å²) in [6.07, 6.45) is 1.45. The van der Waals surface area contributed by atoms with Crippen molar-refractivity contribution < 1.29 is 14.6 Å². The molecule has 6 nitrogen and oxygen atoms in total. The summed E-state index contributed by atoms with van der Waals surface area (Å²) in [4.78, 5) is 11.7. The number of benzene rings is 2. The number of hydrogen-bond donors (Lipinski definition) is 3. The largest absolute Gasteiger partial charge is 0.504 e. The standard InChI is InChI=1S/C16H16ClN3O3/c1-23-15-8-11(6-7-14(15)21)9-19-20-16(22)10-18-13-5-3-2-4-12(13)17/h2-9,18,21H,10H2,1H3,(H,20,22)/b19-9+. The number of phenols is 1. The first kappa shape index (κ1) is 16.6. The van der Waals surface area contributed by atoms with E-state index in [9.17, 15) is 9.90 Å². The summed E-state index contributed by atoms with van der Waals surface area (Å²) in [5.74, 6) is 0.0604. The van der Waals surface area contributed by atoms with E-state index in [0.717, 1.165) is 0 Å². The van der Waals surface area contributed by atoms with E-state index in [0.29, 0.717) is 22.0 Å². The minimum Gasteiger partial charge on any atom is -0.504 e. The quantitative estimate of drug-likeness (QED) is 0.560. The van der Waals surface area contributed by atoms with E-state index < -0.39 is 0 Å². The van der Waals surface area contributed by atoms with E-state index in [2.05, 4.69) is 15.8 Å². The van der Waals surface area contributed by atoms with Crippen LogP contribution in [0.2, 0.25) is 5.02 Å². The molecule has 0 fully saturated rings. The van der Waals surface area contributed by atoms with E-state index in [1.54, 1.807) is 24.3 Å². The van der Waals surface area contributed by atoms with Crippen LogP contribution in [0, 0.1) is 0 Å². The molecule has 0 aliphatic carbocycles. The molecule has 3 N–H and O–H groups in total. The number of phenolic OH excluding ortho intramolecular Hbond substituents is 1. The third kappa shape index (κ3) is 4.89. The molecule has 0 aliphatic heterocycles. The van der Waals surface area contributed by atoms with Gasteiger partial charge in [-0.2, -0.15) is 5.10 Å². The van der Waals surface area contributed by atoms with Gasteiger partial charge in [-0.25, -0.2) is 5.43 Å². The Labute approximate surface area is 138 Å². The van der Waals surface area contributed by atoms with Gasteiger partial charge in [0.1, 0.15) is 0 Å². The molecule has 0 aliphatic rings. The number of nitrogens with zero attached hydrogens (tertiary/aromatic N) is 1. The number of aromatic hydroxyl groups is 1. The van der Waals surface area contributed by atoms with E-state index in [-0.39, 0.29) is 18.2 Å². The van der Waals surface area contributed by atoms with Crippen LogP contribution in [0.15, 0.2) is 47.6 Å². The molecule has 2 rings (SSSR count). The molecule has 0 heterocycles. The Morgan fingerprint density at radius 2 is 2.13 bits per heavy atom. The molecule has 0 unspecified atom stereocenters. The molecule has 2 aromatic rings. The lowest BCUT2D eigenvalue weighted by molar-refractivity contribution is -0.119. The number of carbonyl (C=O) groups is 1. The van der Waals surface area contributed by atoms with Gasteiger partial charge >= 0.3 is 0 Å². The third-order valence-electron chi connectivity index (χ3n) is 2.92. The number of hydrazone groups is 1. The maximum absolute atomic E-state index is 11.7. The lowest BCUT2D eigenvalue weighted by Crippen LogP contribution is -2.25. The van der Waals surface area contributed by atoms with Gasteiger partial charge in [-0.15, -0.1) is 0 Å². The summed E-state index contributed by atoms with van der Waals surface area (Å²) < 4.78 is 4.99. The van der Waals surface area contributed by atoms with Crippen molar-refractivity contribution in [3.8, 4) is 11.5 Å². The van der Waals surface area contributed by atoms with Crippen molar-refractivity contribution in [3.05, 3.63) is 53.1 Å². The highest BCUT2D eigenvalue weighted by Crippen LogP contribution is 2.25. The summed E-state index contributed by atoms with van der Waals surface area (Å²) in [5, 5.41) is 16.8. The number of ether oxygens (including phenoxy) is 1. The maximum atomic E-state index is 11.7. The summed E-state index contributed by atoms with van der Waals surface area (Å²) in [7, 11) is 1.46. The van der Waals surface area contributed by atoms with Gasteiger partial charge in [0, 0.05) is 0 Å². The Bertz CT molecular complexity index is 719. The minimum absolute atomic E-state index is 0.0395. The second kappa shape index (κ2) is 8.05. The number of anilines is 1. The van der Waals surface area contributed by atoms with Gasteiger partial charge in [0.15, 0.2) is 11.5 Å². The zero-order chi connectivity index (χ0) is 16.7. The average molecular weight is 334 g/mol. The Hall–Kier alpha value is -2.73. The van der Waals surface area contributed by atoms with Gasteiger partial charge in [-0.05, 0) is 35.9 Å². The summed E-state index contributed by atoms with van der Waals surface area (Å²) in [6, 6.07) is 11.9. The normalized spacial score (nSPS) is 10.5. The SMILES string of the molecule is COc1cc(/C=N/NC(=O)CNc2ccccc2Cl)ccc1O. The predicted molar refractivity (Wildman–Crippen MR) is 90.3 cm³/mol. The van der Waals surface area contributed by atoms with Crippen molar-refractivity contribution >= 4 is 29.4 Å². The van der Waals surface area contributed by atoms with E-state index in [4.69, 9.17) is 16.3 Å². The van der Waals surface area contributed by atoms with Gasteiger partial charge in [0.25, 0.3) is 5.91 Å². The lowest BCUT2D eigenvalue weighted by Gasteiger charge is -2.06. The van der Waals surface area contributed by atoms with Crippen LogP contribution < -0.4 is 15.5 Å². The smallest absolute Gasteiger partial charge is 0.259 e. The van der Waals surface area contributed by atoms with E-state index >= 15 is 0 Å². The Balaban J connectivity index is 1.85. The van der Waals surface area contributed by atoms with Gasteiger partial charge in [0.05, 0.1) is 30.6 Å². The first-order valence-electron chi connectivity index (χ1n) is 6.77. The molecule has 0 bridgehead atoms. The summed E-state index contributed by atoms with van der Waals surface area (Å²) in [5.41, 5.74) is 3.75. The minimum atomic E-state index is -0.313. The molecule has 0 radical (unpaired) electrons. The Kier molecular flexibility index (Phi) is 5.82. The Morgan fingerprint density at radius 3 is 2.87 bits per heavy atom. The van der Waals surface area contributed by atoms with Gasteiger partial charge in [-0.1, -0.05) is 23.7 Å². The van der Waals surface area contributed by atoms with Crippen molar-refractivity contribution in [3.63, 3.8) is 0 Å². The van der Waals surface area contributed by atoms with Crippen LogP contribution in [0.3, 0.4) is 0 Å². The maximum Gasteiger partial charge on any atom is 0.259 e. The molecule has 0 saturated heterocycles. The fraction of sp³-hybridized carbons (Fsp3) is 0.125. The molecule has 0 atom stereocenters.